The van der Waals surface area contributed by atoms with Gasteiger partial charge in [0.25, 0.3) is 0 Å². The van der Waals surface area contributed by atoms with Crippen LogP contribution in [0.4, 0.5) is 0 Å². The number of fused-ring (bicyclic) bond motifs is 1. The van der Waals surface area contributed by atoms with Crippen LogP contribution in [-0.2, 0) is 9.53 Å². The highest BCUT2D eigenvalue weighted by Gasteiger charge is 2.41. The molecule has 0 aromatic heterocycles. The molecule has 0 spiro atoms. The Morgan fingerprint density at radius 2 is 2.00 bits per heavy atom. The van der Waals surface area contributed by atoms with E-state index in [0.717, 1.165) is 6.42 Å². The van der Waals surface area contributed by atoms with Gasteiger partial charge in [0.15, 0.2) is 0 Å². The van der Waals surface area contributed by atoms with Crippen LogP contribution in [0.5, 0.6) is 0 Å². The molecule has 1 N–H and O–H groups in total. The van der Waals surface area contributed by atoms with E-state index in [0.29, 0.717) is 12.0 Å². The highest BCUT2D eigenvalue weighted by molar-refractivity contribution is 5.85. The molecule has 4 heteroatoms. The molecular formula is C12H22ClNO2. The van der Waals surface area contributed by atoms with Gasteiger partial charge in [-0.15, -0.1) is 12.4 Å². The Hall–Kier alpha value is -0.280. The number of hydrogen-bond acceptors (Lipinski definition) is 3. The van der Waals surface area contributed by atoms with Gasteiger partial charge in [-0.1, -0.05) is 6.42 Å². The van der Waals surface area contributed by atoms with Crippen LogP contribution in [0.15, 0.2) is 0 Å². The van der Waals surface area contributed by atoms with Crippen molar-refractivity contribution in [1.29, 1.82) is 0 Å². The van der Waals surface area contributed by atoms with Crippen LogP contribution < -0.4 is 5.32 Å². The van der Waals surface area contributed by atoms with Crippen molar-refractivity contribution in [3.05, 3.63) is 0 Å². The van der Waals surface area contributed by atoms with Crippen molar-refractivity contribution in [2.24, 2.45) is 5.92 Å². The molecule has 0 bridgehead atoms. The zero-order chi connectivity index (χ0) is 11.1. The van der Waals surface area contributed by atoms with Crippen molar-refractivity contribution in [2.75, 3.05) is 0 Å². The number of esters is 1. The van der Waals surface area contributed by atoms with E-state index < -0.39 is 0 Å². The Labute approximate surface area is 104 Å². The van der Waals surface area contributed by atoms with Crippen molar-refractivity contribution < 1.29 is 9.53 Å². The minimum Gasteiger partial charge on any atom is -0.459 e. The molecule has 1 aliphatic heterocycles. The number of rotatable bonds is 1. The van der Waals surface area contributed by atoms with Gasteiger partial charge in [0.2, 0.25) is 0 Å². The van der Waals surface area contributed by atoms with Crippen LogP contribution >= 0.6 is 12.4 Å². The number of carbonyl (C=O) groups is 1. The molecule has 0 aromatic rings. The normalized spacial score (nSPS) is 33.1. The Balaban J connectivity index is 0.00000128. The van der Waals surface area contributed by atoms with E-state index in [2.05, 4.69) is 5.32 Å². The molecule has 2 aliphatic rings. The minimum absolute atomic E-state index is 0. The lowest BCUT2D eigenvalue weighted by molar-refractivity contribution is -0.157. The summed E-state index contributed by atoms with van der Waals surface area (Å²) in [6.07, 6.45) is 4.78. The number of nitrogens with one attached hydrogen (secondary N) is 1. The zero-order valence-electron chi connectivity index (χ0n) is 10.3. The Morgan fingerprint density at radius 3 is 2.56 bits per heavy atom. The molecule has 2 rings (SSSR count). The van der Waals surface area contributed by atoms with Gasteiger partial charge in [-0.2, -0.15) is 0 Å². The molecule has 0 aromatic carbocycles. The third-order valence-electron chi connectivity index (χ3n) is 3.30. The van der Waals surface area contributed by atoms with E-state index in [9.17, 15) is 4.79 Å². The third kappa shape index (κ3) is 3.11. The second-order valence-electron chi connectivity index (χ2n) is 5.79. The molecule has 0 amide bonds. The van der Waals surface area contributed by atoms with Crippen molar-refractivity contribution in [1.82, 2.24) is 5.32 Å². The summed E-state index contributed by atoms with van der Waals surface area (Å²) in [5.41, 5.74) is -0.365. The van der Waals surface area contributed by atoms with Gasteiger partial charge < -0.3 is 10.1 Å². The SMILES string of the molecule is CC(C)(C)OC(=O)[C@H]1C[C@H]2CCC[C@H]2N1.Cl. The maximum atomic E-state index is 11.8. The van der Waals surface area contributed by atoms with Crippen molar-refractivity contribution in [2.45, 2.75) is 64.1 Å². The van der Waals surface area contributed by atoms with Crippen LogP contribution in [0.3, 0.4) is 0 Å². The Kier molecular flexibility index (Phi) is 4.24. The van der Waals surface area contributed by atoms with Gasteiger partial charge in [-0.25, -0.2) is 0 Å². The zero-order valence-corrected chi connectivity index (χ0v) is 11.1. The van der Waals surface area contributed by atoms with E-state index in [1.165, 1.54) is 19.3 Å². The minimum atomic E-state index is -0.365. The molecule has 1 aliphatic carbocycles. The lowest BCUT2D eigenvalue weighted by Gasteiger charge is -2.22. The van der Waals surface area contributed by atoms with E-state index in [-0.39, 0.29) is 30.0 Å². The molecule has 1 saturated carbocycles. The quantitative estimate of drug-likeness (QED) is 0.723. The molecule has 1 saturated heterocycles. The summed E-state index contributed by atoms with van der Waals surface area (Å²) in [5, 5.41) is 3.40. The molecular weight excluding hydrogens is 226 g/mol. The first-order valence-electron chi connectivity index (χ1n) is 5.94. The molecule has 0 radical (unpaired) electrons. The van der Waals surface area contributed by atoms with E-state index in [1.54, 1.807) is 0 Å². The number of carbonyl (C=O) groups excluding carboxylic acids is 1. The number of ether oxygens (including phenoxy) is 1. The molecule has 1 heterocycles. The van der Waals surface area contributed by atoms with Crippen LogP contribution in [0, 0.1) is 5.92 Å². The van der Waals surface area contributed by atoms with Gasteiger partial charge in [-0.05, 0) is 46.0 Å². The summed E-state index contributed by atoms with van der Waals surface area (Å²) < 4.78 is 5.39. The average molecular weight is 248 g/mol. The highest BCUT2D eigenvalue weighted by atomic mass is 35.5. The van der Waals surface area contributed by atoms with Gasteiger partial charge in [-0.3, -0.25) is 4.79 Å². The topological polar surface area (TPSA) is 38.3 Å². The van der Waals surface area contributed by atoms with Crippen LogP contribution in [0.1, 0.15) is 46.5 Å². The van der Waals surface area contributed by atoms with Crippen LogP contribution in [0.25, 0.3) is 0 Å². The molecule has 0 unspecified atom stereocenters. The summed E-state index contributed by atoms with van der Waals surface area (Å²) in [6, 6.07) is 0.516. The first-order valence-corrected chi connectivity index (χ1v) is 5.94. The maximum absolute atomic E-state index is 11.8. The standard InChI is InChI=1S/C12H21NO2.ClH/c1-12(2,3)15-11(14)10-7-8-5-4-6-9(8)13-10;/h8-10,13H,4-7H2,1-3H3;1H/t8-,9-,10-;/m1./s1. The molecule has 16 heavy (non-hydrogen) atoms. The first-order chi connectivity index (χ1) is 6.96. The summed E-state index contributed by atoms with van der Waals surface area (Å²) in [5.74, 6) is 0.638. The van der Waals surface area contributed by atoms with Crippen molar-refractivity contribution in [3.8, 4) is 0 Å². The molecule has 94 valence electrons. The fourth-order valence-electron chi connectivity index (χ4n) is 2.70. The van der Waals surface area contributed by atoms with Gasteiger partial charge in [0.05, 0.1) is 0 Å². The van der Waals surface area contributed by atoms with Gasteiger partial charge in [0.1, 0.15) is 11.6 Å². The number of halogens is 1. The van der Waals surface area contributed by atoms with Crippen LogP contribution in [-0.4, -0.2) is 23.7 Å². The lowest BCUT2D eigenvalue weighted by atomic mass is 10.0. The largest absolute Gasteiger partial charge is 0.459 e. The summed E-state index contributed by atoms with van der Waals surface area (Å²) in [6.45, 7) is 5.75. The predicted molar refractivity (Wildman–Crippen MR) is 65.8 cm³/mol. The summed E-state index contributed by atoms with van der Waals surface area (Å²) in [4.78, 5) is 11.8. The third-order valence-corrected chi connectivity index (χ3v) is 3.30. The van der Waals surface area contributed by atoms with Gasteiger partial charge in [0, 0.05) is 6.04 Å². The molecule has 2 fully saturated rings. The second kappa shape index (κ2) is 4.92. The second-order valence-corrected chi connectivity index (χ2v) is 5.79. The smallest absolute Gasteiger partial charge is 0.323 e. The van der Waals surface area contributed by atoms with Crippen molar-refractivity contribution in [3.63, 3.8) is 0 Å². The monoisotopic (exact) mass is 247 g/mol. The van der Waals surface area contributed by atoms with Crippen LogP contribution in [0.2, 0.25) is 0 Å². The highest BCUT2D eigenvalue weighted by Crippen LogP contribution is 2.35. The predicted octanol–water partition coefficient (Wildman–Crippen LogP) is 2.28. The van der Waals surface area contributed by atoms with E-state index in [4.69, 9.17) is 4.74 Å². The number of hydrogen-bond donors (Lipinski definition) is 1. The van der Waals surface area contributed by atoms with Gasteiger partial charge >= 0.3 is 5.97 Å². The molecule has 3 nitrogen and oxygen atoms in total. The average Bonchev–Trinajstić information content (AvgIpc) is 2.56. The first kappa shape index (κ1) is 13.8. The fourth-order valence-corrected chi connectivity index (χ4v) is 2.70. The summed E-state index contributed by atoms with van der Waals surface area (Å²) >= 11 is 0. The maximum Gasteiger partial charge on any atom is 0.323 e. The molecule has 3 atom stereocenters. The van der Waals surface area contributed by atoms with E-state index in [1.807, 2.05) is 20.8 Å². The fraction of sp³-hybridized carbons (Fsp3) is 0.917. The Bertz CT molecular complexity index is 250. The Morgan fingerprint density at radius 1 is 1.31 bits per heavy atom. The lowest BCUT2D eigenvalue weighted by Crippen LogP contribution is -2.39. The summed E-state index contributed by atoms with van der Waals surface area (Å²) in [7, 11) is 0. The van der Waals surface area contributed by atoms with E-state index >= 15 is 0 Å². The van der Waals surface area contributed by atoms with Crippen molar-refractivity contribution >= 4 is 18.4 Å².